The zero-order chi connectivity index (χ0) is 10.0. The zero-order valence-electron chi connectivity index (χ0n) is 7.77. The van der Waals surface area contributed by atoms with Gasteiger partial charge in [0.15, 0.2) is 13.0 Å². The first-order valence-electron chi connectivity index (χ1n) is 3.76. The van der Waals surface area contributed by atoms with Gasteiger partial charge >= 0.3 is 0 Å². The second kappa shape index (κ2) is 3.42. The normalized spacial score (nSPS) is 10.1. The highest BCUT2D eigenvalue weighted by atomic mass is 16.6. The summed E-state index contributed by atoms with van der Waals surface area (Å²) < 4.78 is 5.72. The van der Waals surface area contributed by atoms with Gasteiger partial charge in [-0.05, 0) is 0 Å². The van der Waals surface area contributed by atoms with Gasteiger partial charge in [-0.1, -0.05) is 4.68 Å². The molecule has 0 saturated heterocycles. The van der Waals surface area contributed by atoms with Crippen molar-refractivity contribution in [2.24, 2.45) is 7.05 Å². The second-order valence-corrected chi connectivity index (χ2v) is 2.81. The molecule has 0 aliphatic rings. The molecule has 0 aliphatic carbocycles. The van der Waals surface area contributed by atoms with Crippen molar-refractivity contribution >= 4 is 5.91 Å². The van der Waals surface area contributed by atoms with Crippen molar-refractivity contribution in [3.8, 4) is 5.95 Å². The average Bonchev–Trinajstić information content (AvgIpc) is 2.35. The number of hydrogen-bond donors (Lipinski definition) is 0. The Morgan fingerprint density at radius 2 is 2.38 bits per heavy atom. The highest BCUT2D eigenvalue weighted by Crippen LogP contribution is 2.08. The fraction of sp³-hybridized carbons (Fsp3) is 0.571. The Kier molecular flexibility index (Phi) is 2.50. The highest BCUT2D eigenvalue weighted by Gasteiger charge is 2.16. The van der Waals surface area contributed by atoms with E-state index in [2.05, 4.69) is 9.79 Å². The van der Waals surface area contributed by atoms with Crippen LogP contribution >= 0.6 is 0 Å². The highest BCUT2D eigenvalue weighted by molar-refractivity contribution is 5.72. The molecular weight excluding hydrogens is 174 g/mol. The molecule has 0 bridgehead atoms. The van der Waals surface area contributed by atoms with Gasteiger partial charge in [0.2, 0.25) is 5.91 Å². The SMILES string of the molecule is CC(=O)N(C)Cc1c([O-])on[n+]1C. The standard InChI is InChI=1S/C7H11N3O3/c1-5(11)9(2)4-6-7(12)13-8-10(6)3/h4H2,1-3H3. The van der Waals surface area contributed by atoms with Gasteiger partial charge in [0.1, 0.15) is 6.54 Å². The van der Waals surface area contributed by atoms with Gasteiger partial charge in [0.05, 0.1) is 5.27 Å². The summed E-state index contributed by atoms with van der Waals surface area (Å²) in [6.07, 6.45) is 0. The predicted octanol–water partition coefficient (Wildman–Crippen LogP) is -1.45. The van der Waals surface area contributed by atoms with Crippen molar-refractivity contribution in [1.29, 1.82) is 0 Å². The van der Waals surface area contributed by atoms with Crippen molar-refractivity contribution in [3.05, 3.63) is 5.69 Å². The van der Waals surface area contributed by atoms with Gasteiger partial charge in [-0.25, -0.2) is 0 Å². The lowest BCUT2D eigenvalue weighted by atomic mass is 10.4. The molecule has 6 nitrogen and oxygen atoms in total. The predicted molar refractivity (Wildman–Crippen MR) is 39.3 cm³/mol. The monoisotopic (exact) mass is 185 g/mol. The summed E-state index contributed by atoms with van der Waals surface area (Å²) in [5.41, 5.74) is 0.359. The minimum atomic E-state index is -0.504. The molecule has 0 N–H and O–H groups in total. The van der Waals surface area contributed by atoms with E-state index < -0.39 is 5.95 Å². The first-order valence-corrected chi connectivity index (χ1v) is 3.76. The number of amides is 1. The number of carbonyl (C=O) groups is 1. The summed E-state index contributed by atoms with van der Waals surface area (Å²) in [6.45, 7) is 1.64. The van der Waals surface area contributed by atoms with Crippen LogP contribution in [0.4, 0.5) is 0 Å². The summed E-state index contributed by atoms with van der Waals surface area (Å²) in [5, 5.41) is 14.4. The minimum absolute atomic E-state index is 0.111. The maximum absolute atomic E-state index is 11.0. The topological polar surface area (TPSA) is 73.3 Å². The van der Waals surface area contributed by atoms with Gasteiger partial charge in [-0.3, -0.25) is 4.79 Å². The van der Waals surface area contributed by atoms with Crippen LogP contribution in [0.5, 0.6) is 5.95 Å². The van der Waals surface area contributed by atoms with Crippen molar-refractivity contribution in [2.75, 3.05) is 7.05 Å². The largest absolute Gasteiger partial charge is 0.539 e. The van der Waals surface area contributed by atoms with E-state index >= 15 is 0 Å². The maximum Gasteiger partial charge on any atom is 0.252 e. The second-order valence-electron chi connectivity index (χ2n) is 2.81. The fourth-order valence-corrected chi connectivity index (χ4v) is 0.835. The molecule has 1 aromatic heterocycles. The van der Waals surface area contributed by atoms with Crippen LogP contribution in [0.2, 0.25) is 0 Å². The molecule has 0 fully saturated rings. The average molecular weight is 185 g/mol. The van der Waals surface area contributed by atoms with Gasteiger partial charge in [0, 0.05) is 14.0 Å². The van der Waals surface area contributed by atoms with Crippen LogP contribution in [-0.4, -0.2) is 23.1 Å². The van der Waals surface area contributed by atoms with Crippen molar-refractivity contribution < 1.29 is 19.1 Å². The van der Waals surface area contributed by atoms with Gasteiger partial charge in [-0.2, -0.15) is 0 Å². The lowest BCUT2D eigenvalue weighted by Gasteiger charge is -2.11. The number of rotatable bonds is 2. The van der Waals surface area contributed by atoms with E-state index in [1.807, 2.05) is 0 Å². The number of aromatic nitrogens is 2. The Labute approximate surface area is 75.3 Å². The molecular formula is C7H11N3O3. The quantitative estimate of drug-likeness (QED) is 0.528. The van der Waals surface area contributed by atoms with Crippen LogP contribution in [0.15, 0.2) is 4.52 Å². The third kappa shape index (κ3) is 1.95. The lowest BCUT2D eigenvalue weighted by molar-refractivity contribution is -0.746. The number of aryl methyl sites for hydroxylation is 1. The van der Waals surface area contributed by atoms with E-state index in [1.54, 1.807) is 14.1 Å². The van der Waals surface area contributed by atoms with E-state index in [0.717, 1.165) is 0 Å². The summed E-state index contributed by atoms with van der Waals surface area (Å²) in [6, 6.07) is 0. The fourth-order valence-electron chi connectivity index (χ4n) is 0.835. The Morgan fingerprint density at radius 3 is 2.77 bits per heavy atom. The molecule has 6 heteroatoms. The van der Waals surface area contributed by atoms with Crippen molar-refractivity contribution in [2.45, 2.75) is 13.5 Å². The van der Waals surface area contributed by atoms with Gasteiger partial charge in [-0.15, -0.1) is 0 Å². The first kappa shape index (κ1) is 9.50. The Balaban J connectivity index is 2.79. The molecule has 1 rings (SSSR count). The van der Waals surface area contributed by atoms with Gasteiger partial charge in [0.25, 0.3) is 5.69 Å². The minimum Gasteiger partial charge on any atom is -0.539 e. The van der Waals surface area contributed by atoms with Crippen LogP contribution in [0.25, 0.3) is 0 Å². The third-order valence-electron chi connectivity index (χ3n) is 1.80. The van der Waals surface area contributed by atoms with Crippen LogP contribution in [0.1, 0.15) is 12.6 Å². The maximum atomic E-state index is 11.0. The molecule has 1 amide bonds. The molecule has 0 saturated carbocycles. The smallest absolute Gasteiger partial charge is 0.252 e. The Morgan fingerprint density at radius 1 is 1.77 bits per heavy atom. The lowest BCUT2D eigenvalue weighted by Crippen LogP contribution is -2.38. The number of hydrogen-bond acceptors (Lipinski definition) is 4. The van der Waals surface area contributed by atoms with E-state index in [4.69, 9.17) is 0 Å². The summed E-state index contributed by atoms with van der Waals surface area (Å²) in [4.78, 5) is 12.3. The van der Waals surface area contributed by atoms with Crippen LogP contribution in [-0.2, 0) is 18.4 Å². The van der Waals surface area contributed by atoms with E-state index in [1.165, 1.54) is 16.5 Å². The zero-order valence-corrected chi connectivity index (χ0v) is 7.77. The van der Waals surface area contributed by atoms with Gasteiger partial charge < -0.3 is 14.5 Å². The summed E-state index contributed by atoms with van der Waals surface area (Å²) >= 11 is 0. The van der Waals surface area contributed by atoms with Crippen LogP contribution in [0, 0.1) is 0 Å². The molecule has 0 atom stereocenters. The van der Waals surface area contributed by atoms with Crippen LogP contribution < -0.4 is 9.79 Å². The molecule has 0 spiro atoms. The molecule has 13 heavy (non-hydrogen) atoms. The van der Waals surface area contributed by atoms with Crippen LogP contribution in [0.3, 0.4) is 0 Å². The molecule has 72 valence electrons. The number of carbonyl (C=O) groups excluding carboxylic acids is 1. The van der Waals surface area contributed by atoms with E-state index in [9.17, 15) is 9.90 Å². The van der Waals surface area contributed by atoms with Crippen molar-refractivity contribution in [1.82, 2.24) is 10.2 Å². The molecule has 0 aliphatic heterocycles. The first-order chi connectivity index (χ1) is 6.02. The summed E-state index contributed by atoms with van der Waals surface area (Å²) in [5.74, 6) is -0.615. The molecule has 1 aromatic rings. The van der Waals surface area contributed by atoms with E-state index in [-0.39, 0.29) is 12.5 Å². The third-order valence-corrected chi connectivity index (χ3v) is 1.80. The van der Waals surface area contributed by atoms with Crippen molar-refractivity contribution in [3.63, 3.8) is 0 Å². The Bertz CT molecular complexity index is 301. The molecule has 0 aromatic carbocycles. The summed E-state index contributed by atoms with van der Waals surface area (Å²) in [7, 11) is 3.20. The molecule has 0 unspecified atom stereocenters. The molecule has 0 radical (unpaired) electrons. The van der Waals surface area contributed by atoms with E-state index in [0.29, 0.717) is 5.69 Å². The molecule has 1 heterocycles. The number of nitrogens with zero attached hydrogens (tertiary/aromatic N) is 3. The Hall–Kier alpha value is -1.59.